The molecule has 3 rings (SSSR count). The fourth-order valence-electron chi connectivity index (χ4n) is 2.89. The zero-order valence-electron chi connectivity index (χ0n) is 14.4. The van der Waals surface area contributed by atoms with Crippen LogP contribution in [0.25, 0.3) is 0 Å². The topological polar surface area (TPSA) is 79.4 Å². The zero-order valence-corrected chi connectivity index (χ0v) is 15.2. The molecule has 0 aliphatic carbocycles. The summed E-state index contributed by atoms with van der Waals surface area (Å²) in [7, 11) is -3.73. The summed E-state index contributed by atoms with van der Waals surface area (Å²) in [5, 5.41) is 2.90. The highest BCUT2D eigenvalue weighted by atomic mass is 32.2. The second-order valence-electron chi connectivity index (χ2n) is 6.30. The number of carbonyl (C=O) groups is 1. The van der Waals surface area contributed by atoms with Crippen LogP contribution in [0.15, 0.2) is 47.6 Å². The summed E-state index contributed by atoms with van der Waals surface area (Å²) >= 11 is 0. The molecular formula is C18H20FN3O3S. The number of nitrogens with zero attached hydrogens (tertiary/aromatic N) is 2. The van der Waals surface area contributed by atoms with Gasteiger partial charge in [0.2, 0.25) is 10.0 Å². The molecule has 0 radical (unpaired) electrons. The number of aromatic nitrogens is 1. The molecule has 26 heavy (non-hydrogen) atoms. The molecule has 0 saturated carbocycles. The fourth-order valence-corrected chi connectivity index (χ4v) is 4.37. The molecule has 138 valence electrons. The number of sulfonamides is 1. The lowest BCUT2D eigenvalue weighted by Crippen LogP contribution is -2.46. The number of hydrogen-bond acceptors (Lipinski definition) is 4. The number of benzene rings is 1. The predicted octanol–water partition coefficient (Wildman–Crippen LogP) is 2.11. The van der Waals surface area contributed by atoms with Gasteiger partial charge < -0.3 is 5.32 Å². The summed E-state index contributed by atoms with van der Waals surface area (Å²) in [6, 6.07) is 7.19. The molecule has 1 aromatic heterocycles. The van der Waals surface area contributed by atoms with Crippen LogP contribution in [0.2, 0.25) is 0 Å². The minimum Gasteiger partial charge on any atom is -0.349 e. The first-order valence-electron chi connectivity index (χ1n) is 8.35. The van der Waals surface area contributed by atoms with Crippen molar-refractivity contribution in [3.05, 3.63) is 59.7 Å². The van der Waals surface area contributed by atoms with Crippen LogP contribution in [0.3, 0.4) is 0 Å². The van der Waals surface area contributed by atoms with Gasteiger partial charge in [0.15, 0.2) is 0 Å². The van der Waals surface area contributed by atoms with Crippen LogP contribution in [0.1, 0.15) is 28.8 Å². The molecule has 1 amide bonds. The van der Waals surface area contributed by atoms with E-state index in [9.17, 15) is 17.6 Å². The number of hydrogen-bond donors (Lipinski definition) is 1. The highest BCUT2D eigenvalue weighted by Gasteiger charge is 2.30. The molecule has 1 aliphatic heterocycles. The zero-order chi connectivity index (χ0) is 18.7. The van der Waals surface area contributed by atoms with Crippen molar-refractivity contribution in [1.82, 2.24) is 14.6 Å². The summed E-state index contributed by atoms with van der Waals surface area (Å²) in [5.41, 5.74) is 0.874. The first-order valence-corrected chi connectivity index (χ1v) is 9.79. The molecule has 1 aliphatic rings. The molecule has 1 fully saturated rings. The van der Waals surface area contributed by atoms with Crippen LogP contribution in [0, 0.1) is 12.7 Å². The van der Waals surface area contributed by atoms with Crippen LogP contribution in [0.4, 0.5) is 4.39 Å². The Morgan fingerprint density at radius 2 is 2.00 bits per heavy atom. The minimum atomic E-state index is -3.73. The van der Waals surface area contributed by atoms with Gasteiger partial charge in [0.05, 0.1) is 10.5 Å². The first-order chi connectivity index (χ1) is 12.4. The minimum absolute atomic E-state index is 0.0431. The van der Waals surface area contributed by atoms with E-state index in [1.165, 1.54) is 22.6 Å². The second-order valence-corrected chi connectivity index (χ2v) is 8.24. The summed E-state index contributed by atoms with van der Waals surface area (Å²) in [5.74, 6) is -0.760. The Morgan fingerprint density at radius 1 is 1.27 bits per heavy atom. The van der Waals surface area contributed by atoms with Gasteiger partial charge in [-0.1, -0.05) is 6.07 Å². The van der Waals surface area contributed by atoms with Crippen LogP contribution < -0.4 is 5.32 Å². The maximum atomic E-state index is 13.7. The van der Waals surface area contributed by atoms with Gasteiger partial charge in [-0.25, -0.2) is 12.8 Å². The Balaban J connectivity index is 1.62. The monoisotopic (exact) mass is 377 g/mol. The van der Waals surface area contributed by atoms with Gasteiger partial charge in [0.1, 0.15) is 5.82 Å². The van der Waals surface area contributed by atoms with Crippen molar-refractivity contribution in [3.63, 3.8) is 0 Å². The lowest BCUT2D eigenvalue weighted by Gasteiger charge is -2.31. The number of halogens is 1. The van der Waals surface area contributed by atoms with E-state index in [0.717, 1.165) is 6.07 Å². The summed E-state index contributed by atoms with van der Waals surface area (Å²) in [6.07, 6.45) is 4.08. The molecule has 1 saturated heterocycles. The van der Waals surface area contributed by atoms with Crippen LogP contribution >= 0.6 is 0 Å². The van der Waals surface area contributed by atoms with Gasteiger partial charge in [-0.3, -0.25) is 9.78 Å². The van der Waals surface area contributed by atoms with Gasteiger partial charge in [0, 0.05) is 31.5 Å². The van der Waals surface area contributed by atoms with Crippen LogP contribution in [0.5, 0.6) is 0 Å². The van der Waals surface area contributed by atoms with Crippen molar-refractivity contribution in [1.29, 1.82) is 0 Å². The van der Waals surface area contributed by atoms with Gasteiger partial charge in [0.25, 0.3) is 5.91 Å². The number of rotatable bonds is 4. The third-order valence-corrected chi connectivity index (χ3v) is 6.39. The van der Waals surface area contributed by atoms with Crippen molar-refractivity contribution in [2.45, 2.75) is 30.7 Å². The molecule has 1 N–H and O–H groups in total. The second kappa shape index (κ2) is 7.51. The Kier molecular flexibility index (Phi) is 5.33. The lowest BCUT2D eigenvalue weighted by atomic mass is 10.1. The Hall–Kier alpha value is -2.32. The van der Waals surface area contributed by atoms with E-state index in [1.54, 1.807) is 25.3 Å². The summed E-state index contributed by atoms with van der Waals surface area (Å²) in [6.45, 7) is 2.13. The molecule has 0 atom stereocenters. The Labute approximate surface area is 152 Å². The number of piperidine rings is 1. The van der Waals surface area contributed by atoms with Crippen molar-refractivity contribution in [3.8, 4) is 0 Å². The fraction of sp³-hybridized carbons (Fsp3) is 0.333. The maximum absolute atomic E-state index is 13.7. The standard InChI is InChI=1S/C18H20FN3O3S/c1-13-4-5-16(11-17(13)19)26(24,25)22-9-6-15(7-10-22)21-18(23)14-3-2-8-20-12-14/h2-5,8,11-12,15H,6-7,9-10H2,1H3,(H,21,23). The number of carbonyl (C=O) groups excluding carboxylic acids is 1. The summed E-state index contributed by atoms with van der Waals surface area (Å²) < 4.78 is 40.4. The van der Waals surface area contributed by atoms with Gasteiger partial charge in [-0.2, -0.15) is 4.31 Å². The molecule has 6 nitrogen and oxygen atoms in total. The average Bonchev–Trinajstić information content (AvgIpc) is 2.65. The molecule has 2 aromatic rings. The van der Waals surface area contributed by atoms with Crippen molar-refractivity contribution in [2.75, 3.05) is 13.1 Å². The number of aryl methyl sites for hydroxylation is 1. The normalized spacial score (nSPS) is 16.4. The molecule has 1 aromatic carbocycles. The molecule has 2 heterocycles. The molecule has 0 bridgehead atoms. The van der Waals surface area contributed by atoms with Crippen molar-refractivity contribution < 1.29 is 17.6 Å². The van der Waals surface area contributed by atoms with Gasteiger partial charge in [-0.15, -0.1) is 0 Å². The Bertz CT molecular complexity index is 895. The third-order valence-electron chi connectivity index (χ3n) is 4.49. The predicted molar refractivity (Wildman–Crippen MR) is 94.6 cm³/mol. The molecule has 8 heteroatoms. The molecule has 0 spiro atoms. The van der Waals surface area contributed by atoms with E-state index in [-0.39, 0.29) is 29.9 Å². The van der Waals surface area contributed by atoms with E-state index in [2.05, 4.69) is 10.3 Å². The molecule has 0 unspecified atom stereocenters. The number of nitrogens with one attached hydrogen (secondary N) is 1. The number of amides is 1. The number of pyridine rings is 1. The lowest BCUT2D eigenvalue weighted by molar-refractivity contribution is 0.0923. The van der Waals surface area contributed by atoms with Crippen molar-refractivity contribution >= 4 is 15.9 Å². The maximum Gasteiger partial charge on any atom is 0.253 e. The highest BCUT2D eigenvalue weighted by molar-refractivity contribution is 7.89. The van der Waals surface area contributed by atoms with Crippen LogP contribution in [-0.4, -0.2) is 42.7 Å². The first kappa shape index (κ1) is 18.5. The van der Waals surface area contributed by atoms with E-state index in [0.29, 0.717) is 24.0 Å². The third kappa shape index (κ3) is 3.91. The Morgan fingerprint density at radius 3 is 2.62 bits per heavy atom. The van der Waals surface area contributed by atoms with Crippen molar-refractivity contribution in [2.24, 2.45) is 0 Å². The quantitative estimate of drug-likeness (QED) is 0.885. The SMILES string of the molecule is Cc1ccc(S(=O)(=O)N2CCC(NC(=O)c3cccnc3)CC2)cc1F. The van der Waals surface area contributed by atoms with E-state index in [4.69, 9.17) is 0 Å². The van der Waals surface area contributed by atoms with E-state index < -0.39 is 15.8 Å². The average molecular weight is 377 g/mol. The molecular weight excluding hydrogens is 357 g/mol. The van der Waals surface area contributed by atoms with Gasteiger partial charge >= 0.3 is 0 Å². The largest absolute Gasteiger partial charge is 0.349 e. The van der Waals surface area contributed by atoms with E-state index in [1.807, 2.05) is 0 Å². The van der Waals surface area contributed by atoms with E-state index >= 15 is 0 Å². The smallest absolute Gasteiger partial charge is 0.253 e. The highest BCUT2D eigenvalue weighted by Crippen LogP contribution is 2.22. The van der Waals surface area contributed by atoms with Crippen LogP contribution in [-0.2, 0) is 10.0 Å². The van der Waals surface area contributed by atoms with Gasteiger partial charge in [-0.05, 0) is 49.6 Å². The summed E-state index contributed by atoms with van der Waals surface area (Å²) in [4.78, 5) is 16.0.